The van der Waals surface area contributed by atoms with Gasteiger partial charge in [0.25, 0.3) is 0 Å². The van der Waals surface area contributed by atoms with Crippen LogP contribution in [0, 0.1) is 0 Å². The fraction of sp³-hybridized carbons (Fsp3) is 0.227. The van der Waals surface area contributed by atoms with Crippen molar-refractivity contribution in [3.8, 4) is 11.5 Å². The van der Waals surface area contributed by atoms with Crippen LogP contribution in [0.25, 0.3) is 0 Å². The molecule has 2 aromatic carbocycles. The van der Waals surface area contributed by atoms with Gasteiger partial charge < -0.3 is 20.1 Å². The van der Waals surface area contributed by atoms with Crippen LogP contribution < -0.4 is 20.1 Å². The van der Waals surface area contributed by atoms with Crippen LogP contribution in [0.15, 0.2) is 60.8 Å². The number of hydrogen-bond donors (Lipinski definition) is 1. The highest BCUT2D eigenvalue weighted by atomic mass is 16.5. The molecule has 0 spiro atoms. The summed E-state index contributed by atoms with van der Waals surface area (Å²) >= 11 is 0. The van der Waals surface area contributed by atoms with Crippen molar-refractivity contribution in [2.24, 2.45) is 0 Å². The number of fused-ring (bicyclic) bond motifs is 1. The number of pyridine rings is 1. The summed E-state index contributed by atoms with van der Waals surface area (Å²) in [5.74, 6) is 2.45. The third-order valence-corrected chi connectivity index (χ3v) is 4.83. The second-order valence-electron chi connectivity index (χ2n) is 6.66. The predicted molar refractivity (Wildman–Crippen MR) is 107 cm³/mol. The molecular formula is C22H23N3O2. The number of nitrogens with two attached hydrogens (primary N) is 1. The van der Waals surface area contributed by atoms with Crippen LogP contribution in [0.5, 0.6) is 11.5 Å². The Morgan fingerprint density at radius 1 is 1.04 bits per heavy atom. The minimum absolute atomic E-state index is 0.523. The average Bonchev–Trinajstić information content (AvgIpc) is 2.72. The fourth-order valence-electron chi connectivity index (χ4n) is 3.37. The van der Waals surface area contributed by atoms with Gasteiger partial charge in [-0.2, -0.15) is 0 Å². The first-order valence-electron chi connectivity index (χ1n) is 9.06. The molecule has 5 nitrogen and oxygen atoms in total. The number of nitrogens with zero attached hydrogens (tertiary/aromatic N) is 2. The third-order valence-electron chi connectivity index (χ3n) is 4.83. The predicted octanol–water partition coefficient (Wildman–Crippen LogP) is 3.81. The van der Waals surface area contributed by atoms with Gasteiger partial charge in [-0.1, -0.05) is 30.3 Å². The number of ether oxygens (including phenoxy) is 2. The minimum atomic E-state index is 0.523. The van der Waals surface area contributed by atoms with Gasteiger partial charge in [0, 0.05) is 31.0 Å². The highest BCUT2D eigenvalue weighted by Crippen LogP contribution is 2.35. The number of hydrogen-bond acceptors (Lipinski definition) is 5. The second kappa shape index (κ2) is 7.58. The fourth-order valence-corrected chi connectivity index (χ4v) is 3.37. The van der Waals surface area contributed by atoms with Gasteiger partial charge in [-0.25, -0.2) is 4.98 Å². The quantitative estimate of drug-likeness (QED) is 0.749. The monoisotopic (exact) mass is 361 g/mol. The van der Waals surface area contributed by atoms with Gasteiger partial charge in [-0.3, -0.25) is 0 Å². The van der Waals surface area contributed by atoms with Gasteiger partial charge in [-0.05, 0) is 41.3 Å². The van der Waals surface area contributed by atoms with E-state index in [9.17, 15) is 0 Å². The summed E-state index contributed by atoms with van der Waals surface area (Å²) in [4.78, 5) is 6.69. The van der Waals surface area contributed by atoms with E-state index in [4.69, 9.17) is 15.2 Å². The summed E-state index contributed by atoms with van der Waals surface area (Å²) < 4.78 is 11.6. The maximum absolute atomic E-state index is 6.04. The number of benzene rings is 2. The molecule has 138 valence electrons. The molecule has 0 bridgehead atoms. The third kappa shape index (κ3) is 3.82. The molecule has 0 saturated heterocycles. The van der Waals surface area contributed by atoms with Crippen LogP contribution in [0.1, 0.15) is 16.7 Å². The van der Waals surface area contributed by atoms with E-state index < -0.39 is 0 Å². The highest BCUT2D eigenvalue weighted by Gasteiger charge is 2.20. The van der Waals surface area contributed by atoms with E-state index in [1.54, 1.807) is 19.4 Å². The smallest absolute Gasteiger partial charge is 0.161 e. The van der Waals surface area contributed by atoms with Crippen molar-refractivity contribution in [3.63, 3.8) is 0 Å². The molecular weight excluding hydrogens is 338 g/mol. The zero-order chi connectivity index (χ0) is 18.6. The number of anilines is 2. The van der Waals surface area contributed by atoms with E-state index in [0.717, 1.165) is 48.1 Å². The van der Waals surface area contributed by atoms with E-state index in [1.807, 2.05) is 24.3 Å². The highest BCUT2D eigenvalue weighted by molar-refractivity contribution is 5.54. The molecule has 3 aromatic rings. The van der Waals surface area contributed by atoms with Crippen LogP contribution in [0.2, 0.25) is 0 Å². The first kappa shape index (κ1) is 17.2. The normalized spacial score (nSPS) is 13.1. The lowest BCUT2D eigenvalue weighted by Crippen LogP contribution is -2.31. The van der Waals surface area contributed by atoms with Crippen molar-refractivity contribution in [2.75, 3.05) is 24.3 Å². The Morgan fingerprint density at radius 3 is 2.63 bits per heavy atom. The Balaban J connectivity index is 1.54. The van der Waals surface area contributed by atoms with Gasteiger partial charge >= 0.3 is 0 Å². The lowest BCUT2D eigenvalue weighted by Gasteiger charge is -2.30. The summed E-state index contributed by atoms with van der Waals surface area (Å²) in [5, 5.41) is 0. The lowest BCUT2D eigenvalue weighted by atomic mass is 9.98. The average molecular weight is 361 g/mol. The Hall–Kier alpha value is -3.21. The van der Waals surface area contributed by atoms with Crippen LogP contribution in [-0.2, 0) is 19.6 Å². The van der Waals surface area contributed by atoms with Crippen molar-refractivity contribution < 1.29 is 9.47 Å². The maximum Gasteiger partial charge on any atom is 0.161 e. The summed E-state index contributed by atoms with van der Waals surface area (Å²) in [5.41, 5.74) is 10.3. The van der Waals surface area contributed by atoms with Crippen molar-refractivity contribution in [1.29, 1.82) is 0 Å². The molecule has 0 atom stereocenters. The van der Waals surface area contributed by atoms with E-state index in [-0.39, 0.29) is 0 Å². The lowest BCUT2D eigenvalue weighted by molar-refractivity contribution is 0.284. The molecule has 1 aliphatic rings. The standard InChI is InChI=1S/C22H23N3O2/c1-26-20-12-18-14-25(22-13-19(23)7-9-24-22)10-8-17(18)11-21(20)27-15-16-5-3-2-4-6-16/h2-7,9,11-13H,8,10,14-15H2,1H3,(H2,23,24). The van der Waals surface area contributed by atoms with Crippen molar-refractivity contribution in [2.45, 2.75) is 19.6 Å². The van der Waals surface area contributed by atoms with E-state index in [1.165, 1.54) is 11.1 Å². The molecule has 5 heteroatoms. The summed E-state index contributed by atoms with van der Waals surface area (Å²) in [6.07, 6.45) is 2.68. The topological polar surface area (TPSA) is 60.6 Å². The Bertz CT molecular complexity index is 928. The number of aromatic nitrogens is 1. The molecule has 0 unspecified atom stereocenters. The largest absolute Gasteiger partial charge is 0.493 e. The van der Waals surface area contributed by atoms with Crippen LogP contribution in [-0.4, -0.2) is 18.6 Å². The molecule has 0 aliphatic carbocycles. The van der Waals surface area contributed by atoms with Gasteiger partial charge in [0.1, 0.15) is 12.4 Å². The van der Waals surface area contributed by atoms with Crippen LogP contribution in [0.3, 0.4) is 0 Å². The molecule has 0 radical (unpaired) electrons. The Kier molecular flexibility index (Phi) is 4.83. The second-order valence-corrected chi connectivity index (χ2v) is 6.66. The number of rotatable bonds is 5. The van der Waals surface area contributed by atoms with Crippen molar-refractivity contribution in [1.82, 2.24) is 4.98 Å². The van der Waals surface area contributed by atoms with Crippen LogP contribution >= 0.6 is 0 Å². The first-order valence-corrected chi connectivity index (χ1v) is 9.06. The zero-order valence-electron chi connectivity index (χ0n) is 15.4. The summed E-state index contributed by atoms with van der Waals surface area (Å²) in [6.45, 7) is 2.20. The van der Waals surface area contributed by atoms with Gasteiger partial charge in [0.2, 0.25) is 0 Å². The molecule has 4 rings (SSSR count). The molecule has 0 fully saturated rings. The van der Waals surface area contributed by atoms with E-state index in [0.29, 0.717) is 6.61 Å². The Labute approximate surface area is 159 Å². The summed E-state index contributed by atoms with van der Waals surface area (Å²) in [7, 11) is 1.68. The Morgan fingerprint density at radius 2 is 1.85 bits per heavy atom. The first-order chi connectivity index (χ1) is 13.2. The molecule has 0 saturated carbocycles. The molecule has 2 heterocycles. The molecule has 1 aliphatic heterocycles. The molecule has 1 aromatic heterocycles. The molecule has 0 amide bonds. The van der Waals surface area contributed by atoms with Crippen molar-refractivity contribution in [3.05, 3.63) is 77.5 Å². The molecule has 27 heavy (non-hydrogen) atoms. The zero-order valence-corrected chi connectivity index (χ0v) is 15.4. The maximum atomic E-state index is 6.04. The minimum Gasteiger partial charge on any atom is -0.493 e. The van der Waals surface area contributed by atoms with Gasteiger partial charge in [-0.15, -0.1) is 0 Å². The summed E-state index contributed by atoms with van der Waals surface area (Å²) in [6, 6.07) is 18.1. The van der Waals surface area contributed by atoms with Crippen LogP contribution in [0.4, 0.5) is 11.5 Å². The van der Waals surface area contributed by atoms with Gasteiger partial charge in [0.05, 0.1) is 7.11 Å². The van der Waals surface area contributed by atoms with Gasteiger partial charge in [0.15, 0.2) is 11.5 Å². The number of nitrogen functional groups attached to an aromatic ring is 1. The molecule has 2 N–H and O–H groups in total. The van der Waals surface area contributed by atoms with E-state index >= 15 is 0 Å². The van der Waals surface area contributed by atoms with Crippen molar-refractivity contribution >= 4 is 11.5 Å². The SMILES string of the molecule is COc1cc2c(cc1OCc1ccccc1)CCN(c1cc(N)ccn1)C2. The number of methoxy groups -OCH3 is 1. The van der Waals surface area contributed by atoms with E-state index in [2.05, 4.69) is 34.1 Å².